The Morgan fingerprint density at radius 3 is 2.38 bits per heavy atom. The van der Waals surface area contributed by atoms with Crippen molar-refractivity contribution in [1.29, 1.82) is 0 Å². The van der Waals surface area contributed by atoms with Gasteiger partial charge in [0.05, 0.1) is 5.57 Å². The number of amidine groups is 2. The summed E-state index contributed by atoms with van der Waals surface area (Å²) in [5, 5.41) is 6.23. The maximum atomic E-state index is 13.9. The molecular weight excluding hydrogens is 517 g/mol. The molecule has 1 aliphatic rings. The zero-order valence-corrected chi connectivity index (χ0v) is 25.4. The summed E-state index contributed by atoms with van der Waals surface area (Å²) in [6.07, 6.45) is 6.09. The van der Waals surface area contributed by atoms with Gasteiger partial charge in [0, 0.05) is 55.8 Å². The van der Waals surface area contributed by atoms with Crippen molar-refractivity contribution in [1.82, 2.24) is 15.5 Å². The fraction of sp³-hybridized carbons (Fsp3) is 0.700. The van der Waals surface area contributed by atoms with Crippen molar-refractivity contribution >= 4 is 17.6 Å². The van der Waals surface area contributed by atoms with Crippen LogP contribution < -0.4 is 16.4 Å². The molecule has 1 amide bonds. The molecule has 1 saturated heterocycles. The largest absolute Gasteiger partial charge is 0.419 e. The van der Waals surface area contributed by atoms with Crippen molar-refractivity contribution in [2.75, 3.05) is 19.6 Å². The summed E-state index contributed by atoms with van der Waals surface area (Å²) in [7, 11) is 0. The number of nitrogens with two attached hydrogens (primary N) is 1. The van der Waals surface area contributed by atoms with E-state index in [4.69, 9.17) is 5.73 Å². The van der Waals surface area contributed by atoms with Gasteiger partial charge in [-0.1, -0.05) is 60.5 Å². The topological polar surface area (TPSA) is 95.1 Å². The van der Waals surface area contributed by atoms with Gasteiger partial charge in [0.2, 0.25) is 5.91 Å². The van der Waals surface area contributed by atoms with E-state index >= 15 is 0 Å². The number of amides is 1. The predicted octanol–water partition coefficient (Wildman–Crippen LogP) is 6.59. The monoisotopic (exact) mass is 568 g/mol. The van der Waals surface area contributed by atoms with E-state index in [1.807, 2.05) is 31.9 Å². The van der Waals surface area contributed by atoms with Gasteiger partial charge in [-0.3, -0.25) is 4.79 Å². The van der Waals surface area contributed by atoms with Crippen LogP contribution in [-0.4, -0.2) is 54.3 Å². The average Bonchev–Trinajstić information content (AvgIpc) is 3.06. The molecule has 10 heteroatoms. The third-order valence-corrected chi connectivity index (χ3v) is 6.84. The summed E-state index contributed by atoms with van der Waals surface area (Å²) in [6.45, 7) is 16.5. The summed E-state index contributed by atoms with van der Waals surface area (Å²) in [5.74, 6) is 0.417. The quantitative estimate of drug-likeness (QED) is 0.118. The number of alkyl halides is 3. The minimum atomic E-state index is -4.67. The molecule has 4 N–H and O–H groups in total. The molecule has 0 saturated carbocycles. The Morgan fingerprint density at radius 2 is 1.80 bits per heavy atom. The third-order valence-electron chi connectivity index (χ3n) is 6.84. The molecule has 0 aliphatic carbocycles. The lowest BCUT2D eigenvalue weighted by Crippen LogP contribution is -2.43. The SMILES string of the molecule is C=C(NCC(C)(C)CN1CCCCCC1=O)/C(=C\N=C(C)N=C(N)/C(=C\NC(CCC)CCC)CC)C(F)(F)F. The van der Waals surface area contributed by atoms with Crippen LogP contribution in [0, 0.1) is 5.41 Å². The summed E-state index contributed by atoms with van der Waals surface area (Å²) in [6, 6.07) is 0.338. The number of carbonyl (C=O) groups excluding carboxylic acids is 1. The fourth-order valence-electron chi connectivity index (χ4n) is 4.56. The summed E-state index contributed by atoms with van der Waals surface area (Å²) in [4.78, 5) is 22.4. The van der Waals surface area contributed by atoms with Gasteiger partial charge in [0.25, 0.3) is 0 Å². The number of halogens is 3. The highest BCUT2D eigenvalue weighted by atomic mass is 19.4. The molecule has 1 fully saturated rings. The average molecular weight is 569 g/mol. The van der Waals surface area contributed by atoms with Gasteiger partial charge in [-0.05, 0) is 44.4 Å². The van der Waals surface area contributed by atoms with Gasteiger partial charge >= 0.3 is 6.18 Å². The highest BCUT2D eigenvalue weighted by Gasteiger charge is 2.36. The number of nitrogens with zero attached hydrogens (tertiary/aromatic N) is 3. The fourth-order valence-corrected chi connectivity index (χ4v) is 4.56. The van der Waals surface area contributed by atoms with Gasteiger partial charge in [0.1, 0.15) is 11.7 Å². The van der Waals surface area contributed by atoms with E-state index in [2.05, 4.69) is 41.0 Å². The molecule has 0 bridgehead atoms. The lowest BCUT2D eigenvalue weighted by molar-refractivity contribution is -0.132. The van der Waals surface area contributed by atoms with Crippen LogP contribution in [0.15, 0.2) is 45.8 Å². The number of nitrogens with one attached hydrogen (secondary N) is 2. The van der Waals surface area contributed by atoms with Crippen LogP contribution in [0.4, 0.5) is 13.2 Å². The standard InChI is InChI=1S/C30H51F3N6O/c1-8-14-25(15-9-2)36-18-24(10-3)28(34)38-23(5)35-19-26(30(31,32)33)22(4)37-20-29(6,7)21-39-17-13-11-12-16-27(39)40/h18-19,25,36-37H,4,8-17,20-21H2,1-3,5-7H3,(H2,34,35,38)/b24-18-,26-19+. The van der Waals surface area contributed by atoms with E-state index in [1.165, 1.54) is 6.92 Å². The Labute approximate surface area is 239 Å². The number of allylic oxidation sites excluding steroid dienone is 1. The Morgan fingerprint density at radius 1 is 1.15 bits per heavy atom. The summed E-state index contributed by atoms with van der Waals surface area (Å²) >= 11 is 0. The molecule has 0 atom stereocenters. The van der Waals surface area contributed by atoms with Crippen molar-refractivity contribution in [3.05, 3.63) is 35.8 Å². The second-order valence-electron chi connectivity index (χ2n) is 11.3. The van der Waals surface area contributed by atoms with E-state index in [9.17, 15) is 18.0 Å². The van der Waals surface area contributed by atoms with E-state index in [1.54, 1.807) is 0 Å². The number of aliphatic imine (C=N–C) groups is 2. The molecule has 1 rings (SSSR count). The molecule has 0 aromatic carbocycles. The first kappa shape index (κ1) is 35.2. The highest BCUT2D eigenvalue weighted by Crippen LogP contribution is 2.30. The van der Waals surface area contributed by atoms with Crippen LogP contribution in [0.2, 0.25) is 0 Å². The Hall–Kier alpha value is -2.78. The van der Waals surface area contributed by atoms with Crippen molar-refractivity contribution in [2.45, 2.75) is 112 Å². The van der Waals surface area contributed by atoms with Gasteiger partial charge in [-0.15, -0.1) is 0 Å². The van der Waals surface area contributed by atoms with Gasteiger partial charge in [-0.2, -0.15) is 13.2 Å². The molecule has 7 nitrogen and oxygen atoms in total. The number of rotatable bonds is 15. The first-order valence-electron chi connectivity index (χ1n) is 14.6. The molecule has 228 valence electrons. The van der Waals surface area contributed by atoms with Gasteiger partial charge in [0.15, 0.2) is 0 Å². The van der Waals surface area contributed by atoms with Crippen LogP contribution in [0.3, 0.4) is 0 Å². The summed E-state index contributed by atoms with van der Waals surface area (Å²) in [5.41, 5.74) is 5.20. The predicted molar refractivity (Wildman–Crippen MR) is 160 cm³/mol. The molecule has 0 aromatic heterocycles. The maximum Gasteiger partial charge on any atom is 0.419 e. The number of likely N-dealkylation sites (tertiary alicyclic amines) is 1. The first-order chi connectivity index (χ1) is 18.7. The van der Waals surface area contributed by atoms with Crippen LogP contribution >= 0.6 is 0 Å². The van der Waals surface area contributed by atoms with Crippen molar-refractivity contribution in [3.8, 4) is 0 Å². The van der Waals surface area contributed by atoms with Crippen LogP contribution in [0.25, 0.3) is 0 Å². The van der Waals surface area contributed by atoms with Crippen molar-refractivity contribution in [3.63, 3.8) is 0 Å². The number of carbonyl (C=O) groups is 1. The van der Waals surface area contributed by atoms with Crippen LogP contribution in [0.1, 0.15) is 99.3 Å². The van der Waals surface area contributed by atoms with Crippen LogP contribution in [-0.2, 0) is 4.79 Å². The molecule has 0 aromatic rings. The van der Waals surface area contributed by atoms with Crippen molar-refractivity contribution < 1.29 is 18.0 Å². The molecule has 40 heavy (non-hydrogen) atoms. The van der Waals surface area contributed by atoms with Crippen molar-refractivity contribution in [2.24, 2.45) is 21.1 Å². The number of hydrogen-bond donors (Lipinski definition) is 3. The lowest BCUT2D eigenvalue weighted by Gasteiger charge is -2.33. The van der Waals surface area contributed by atoms with E-state index in [-0.39, 0.29) is 29.8 Å². The van der Waals surface area contributed by atoms with Gasteiger partial charge in [-0.25, -0.2) is 9.98 Å². The normalized spacial score (nSPS) is 16.9. The second kappa shape index (κ2) is 17.1. The second-order valence-corrected chi connectivity index (χ2v) is 11.3. The van der Waals surface area contributed by atoms with Gasteiger partial charge < -0.3 is 21.3 Å². The Bertz CT molecular complexity index is 944. The van der Waals surface area contributed by atoms with E-state index in [0.29, 0.717) is 32.0 Å². The van der Waals surface area contributed by atoms with E-state index in [0.717, 1.165) is 56.7 Å². The zero-order chi connectivity index (χ0) is 30.3. The first-order valence-corrected chi connectivity index (χ1v) is 14.6. The zero-order valence-electron chi connectivity index (χ0n) is 25.4. The minimum absolute atomic E-state index is 0.100. The lowest BCUT2D eigenvalue weighted by atomic mass is 9.92. The van der Waals surface area contributed by atoms with Crippen LogP contribution in [0.5, 0.6) is 0 Å². The van der Waals surface area contributed by atoms with E-state index < -0.39 is 17.2 Å². The molecule has 0 spiro atoms. The molecule has 1 aliphatic heterocycles. The molecule has 1 heterocycles. The maximum absolute atomic E-state index is 13.9. The molecule has 0 radical (unpaired) electrons. The Kier molecular flexibility index (Phi) is 15.1. The number of hydrogen-bond acceptors (Lipinski definition) is 4. The Balaban J connectivity index is 2.98. The third kappa shape index (κ3) is 13.0. The smallest absolute Gasteiger partial charge is 0.388 e. The summed E-state index contributed by atoms with van der Waals surface area (Å²) < 4.78 is 41.7. The highest BCUT2D eigenvalue weighted by molar-refractivity contribution is 6.04. The molecule has 0 unspecified atom stereocenters. The molecular formula is C30H51F3N6O. The minimum Gasteiger partial charge on any atom is -0.388 e.